The van der Waals surface area contributed by atoms with Gasteiger partial charge in [-0.05, 0) is 56.3 Å². The lowest BCUT2D eigenvalue weighted by Gasteiger charge is -2.45. The summed E-state index contributed by atoms with van der Waals surface area (Å²) in [7, 11) is 0. The average Bonchev–Trinajstić information content (AvgIpc) is 2.84. The van der Waals surface area contributed by atoms with E-state index in [0.717, 1.165) is 44.8 Å². The summed E-state index contributed by atoms with van der Waals surface area (Å²) in [6.45, 7) is 2.15. The summed E-state index contributed by atoms with van der Waals surface area (Å²) in [4.78, 5) is 10.3. The highest BCUT2D eigenvalue weighted by atomic mass is 16.3. The van der Waals surface area contributed by atoms with Gasteiger partial charge in [0, 0.05) is 18.8 Å². The molecule has 2 fully saturated rings. The molecule has 148 valence electrons. The fourth-order valence-electron chi connectivity index (χ4n) is 4.56. The Labute approximate surface area is 158 Å². The molecule has 0 amide bonds. The van der Waals surface area contributed by atoms with Crippen molar-refractivity contribution in [2.75, 3.05) is 0 Å². The van der Waals surface area contributed by atoms with Crippen LogP contribution in [0.25, 0.3) is 0 Å². The third kappa shape index (κ3) is 5.28. The first-order valence-electron chi connectivity index (χ1n) is 10.3. The van der Waals surface area contributed by atoms with E-state index in [-0.39, 0.29) is 23.4 Å². The van der Waals surface area contributed by atoms with E-state index >= 15 is 0 Å². The van der Waals surface area contributed by atoms with E-state index in [1.807, 2.05) is 12.2 Å². The lowest BCUT2D eigenvalue weighted by molar-refractivity contribution is -0.107. The Morgan fingerprint density at radius 1 is 1.12 bits per heavy atom. The Morgan fingerprint density at radius 3 is 2.50 bits per heavy atom. The van der Waals surface area contributed by atoms with Gasteiger partial charge in [-0.1, -0.05) is 37.6 Å². The van der Waals surface area contributed by atoms with Crippen LogP contribution in [0.1, 0.15) is 71.1 Å². The highest BCUT2D eigenvalue weighted by Gasteiger charge is 2.42. The topological polar surface area (TPSA) is 77.8 Å². The van der Waals surface area contributed by atoms with Gasteiger partial charge in [0.25, 0.3) is 0 Å². The van der Waals surface area contributed by atoms with E-state index < -0.39 is 12.2 Å². The zero-order valence-electron chi connectivity index (χ0n) is 16.1. The Hall–Kier alpha value is -0.970. The van der Waals surface area contributed by atoms with Crippen LogP contribution in [0.15, 0.2) is 24.3 Å². The maximum atomic E-state index is 10.5. The molecule has 0 aromatic rings. The molecule has 26 heavy (non-hydrogen) atoms. The normalized spacial score (nSPS) is 32.2. The third-order valence-electron chi connectivity index (χ3n) is 6.66. The van der Waals surface area contributed by atoms with Gasteiger partial charge in [-0.3, -0.25) is 0 Å². The largest absolute Gasteiger partial charge is 0.393 e. The summed E-state index contributed by atoms with van der Waals surface area (Å²) in [6, 6.07) is 0. The summed E-state index contributed by atoms with van der Waals surface area (Å²) >= 11 is 0. The first kappa shape index (κ1) is 21.3. The lowest BCUT2D eigenvalue weighted by atomic mass is 9.63. The number of aldehydes is 1. The zero-order valence-corrected chi connectivity index (χ0v) is 16.1. The molecule has 2 aliphatic rings. The molecule has 0 aliphatic heterocycles. The molecule has 4 heteroatoms. The second-order valence-corrected chi connectivity index (χ2v) is 8.17. The number of hydrogen-bond donors (Lipinski definition) is 3. The number of hydrogen-bond acceptors (Lipinski definition) is 4. The third-order valence-corrected chi connectivity index (χ3v) is 6.66. The van der Waals surface area contributed by atoms with E-state index in [0.29, 0.717) is 19.3 Å². The fourth-order valence-corrected chi connectivity index (χ4v) is 4.56. The summed E-state index contributed by atoms with van der Waals surface area (Å²) in [5.74, 6) is -0.0413. The van der Waals surface area contributed by atoms with Crippen LogP contribution in [0, 0.1) is 17.3 Å². The zero-order chi connectivity index (χ0) is 19.0. The van der Waals surface area contributed by atoms with E-state index in [4.69, 9.17) is 0 Å². The average molecular weight is 365 g/mol. The van der Waals surface area contributed by atoms with Gasteiger partial charge in [0.1, 0.15) is 6.29 Å². The van der Waals surface area contributed by atoms with Gasteiger partial charge < -0.3 is 20.1 Å². The minimum absolute atomic E-state index is 0.0181. The maximum absolute atomic E-state index is 10.5. The number of aliphatic hydroxyl groups excluding tert-OH is 3. The molecule has 0 radical (unpaired) electrons. The van der Waals surface area contributed by atoms with Crippen LogP contribution in [0.3, 0.4) is 0 Å². The fraction of sp³-hybridized carbons (Fsp3) is 0.773. The molecular formula is C22H36O4. The number of allylic oxidation sites excluding steroid dienone is 2. The molecule has 0 aromatic carbocycles. The van der Waals surface area contributed by atoms with Crippen molar-refractivity contribution in [2.24, 2.45) is 17.3 Å². The van der Waals surface area contributed by atoms with Crippen LogP contribution in [0.4, 0.5) is 0 Å². The summed E-state index contributed by atoms with van der Waals surface area (Å²) in [6.07, 6.45) is 16.3. The molecule has 0 aromatic heterocycles. The number of rotatable bonds is 11. The van der Waals surface area contributed by atoms with Crippen LogP contribution in [-0.4, -0.2) is 39.9 Å². The molecule has 5 atom stereocenters. The predicted octanol–water partition coefficient (Wildman–Crippen LogP) is 3.55. The van der Waals surface area contributed by atoms with E-state index in [1.54, 1.807) is 0 Å². The Kier molecular flexibility index (Phi) is 8.52. The second-order valence-electron chi connectivity index (χ2n) is 8.17. The smallest absolute Gasteiger partial charge is 0.120 e. The molecule has 2 saturated carbocycles. The van der Waals surface area contributed by atoms with Crippen LogP contribution < -0.4 is 0 Å². The van der Waals surface area contributed by atoms with Gasteiger partial charge in [0.2, 0.25) is 0 Å². The molecule has 0 saturated heterocycles. The van der Waals surface area contributed by atoms with Gasteiger partial charge in [-0.2, -0.15) is 0 Å². The minimum Gasteiger partial charge on any atom is -0.393 e. The van der Waals surface area contributed by atoms with Crippen molar-refractivity contribution >= 4 is 6.29 Å². The van der Waals surface area contributed by atoms with Crippen LogP contribution >= 0.6 is 0 Å². The summed E-state index contributed by atoms with van der Waals surface area (Å²) in [5.41, 5.74) is 0.0990. The van der Waals surface area contributed by atoms with Crippen LogP contribution in [0.2, 0.25) is 0 Å². The van der Waals surface area contributed by atoms with Crippen molar-refractivity contribution in [3.05, 3.63) is 24.3 Å². The van der Waals surface area contributed by atoms with Crippen molar-refractivity contribution in [3.63, 3.8) is 0 Å². The number of unbranched alkanes of at least 4 members (excludes halogenated alkanes) is 2. The van der Waals surface area contributed by atoms with Gasteiger partial charge in [-0.25, -0.2) is 0 Å². The van der Waals surface area contributed by atoms with Gasteiger partial charge in [0.05, 0.1) is 18.3 Å². The monoisotopic (exact) mass is 364 g/mol. The van der Waals surface area contributed by atoms with Crippen molar-refractivity contribution in [1.29, 1.82) is 0 Å². The first-order valence-corrected chi connectivity index (χ1v) is 10.3. The standard InChI is InChI=1S/C22H36O4/c1-2-22(13-9-14-22)21(26)12-8-11-18-17(19(24)16-20(18)25)10-6-4-3-5-7-15-23/h4,6,8,11,15,17-21,24-26H,2-3,5,7,9-10,12-14,16H2,1H3/b6-4-,11-8+/t17-,18?,19+,20-,21?/m1/s1. The highest BCUT2D eigenvalue weighted by molar-refractivity contribution is 5.49. The van der Waals surface area contributed by atoms with Crippen LogP contribution in [-0.2, 0) is 4.79 Å². The van der Waals surface area contributed by atoms with Crippen molar-refractivity contribution in [2.45, 2.75) is 89.4 Å². The predicted molar refractivity (Wildman–Crippen MR) is 104 cm³/mol. The Bertz CT molecular complexity index is 475. The Balaban J connectivity index is 1.85. The van der Waals surface area contributed by atoms with Crippen molar-refractivity contribution in [1.82, 2.24) is 0 Å². The molecule has 2 unspecified atom stereocenters. The van der Waals surface area contributed by atoms with E-state index in [1.165, 1.54) is 6.42 Å². The summed E-state index contributed by atoms with van der Waals surface area (Å²) in [5, 5.41) is 31.1. The molecule has 2 rings (SSSR count). The quantitative estimate of drug-likeness (QED) is 0.298. The van der Waals surface area contributed by atoms with Crippen LogP contribution in [0.5, 0.6) is 0 Å². The highest BCUT2D eigenvalue weighted by Crippen LogP contribution is 2.47. The van der Waals surface area contributed by atoms with Gasteiger partial charge in [0.15, 0.2) is 0 Å². The van der Waals surface area contributed by atoms with Gasteiger partial charge >= 0.3 is 0 Å². The van der Waals surface area contributed by atoms with E-state index in [9.17, 15) is 20.1 Å². The molecule has 3 N–H and O–H groups in total. The number of aliphatic hydroxyl groups is 3. The maximum Gasteiger partial charge on any atom is 0.120 e. The van der Waals surface area contributed by atoms with Gasteiger partial charge in [-0.15, -0.1) is 0 Å². The number of carbonyl (C=O) groups is 1. The lowest BCUT2D eigenvalue weighted by Crippen LogP contribution is -2.40. The SMILES string of the molecule is CCC1(C(O)C/C=C/C2[C@H](O)C[C@H](O)[C@@H]2C/C=C\CCCC=O)CCC1. The van der Waals surface area contributed by atoms with E-state index in [2.05, 4.69) is 19.1 Å². The summed E-state index contributed by atoms with van der Waals surface area (Å²) < 4.78 is 0. The number of carbonyl (C=O) groups excluding carboxylic acids is 1. The Morgan fingerprint density at radius 2 is 1.88 bits per heavy atom. The second kappa shape index (κ2) is 10.4. The molecule has 0 heterocycles. The van der Waals surface area contributed by atoms with Crippen molar-refractivity contribution < 1.29 is 20.1 Å². The first-order chi connectivity index (χ1) is 12.5. The molecule has 0 bridgehead atoms. The van der Waals surface area contributed by atoms with Crippen molar-refractivity contribution in [3.8, 4) is 0 Å². The minimum atomic E-state index is -0.518. The molecule has 0 spiro atoms. The molecular weight excluding hydrogens is 328 g/mol. The molecule has 2 aliphatic carbocycles. The molecule has 4 nitrogen and oxygen atoms in total.